The minimum atomic E-state index is -0.501. The molecule has 0 atom stereocenters. The quantitative estimate of drug-likeness (QED) is 0.583. The lowest BCUT2D eigenvalue weighted by Gasteiger charge is -2.25. The van der Waals surface area contributed by atoms with Crippen molar-refractivity contribution in [3.05, 3.63) is 56.7 Å². The Morgan fingerprint density at radius 3 is 2.54 bits per heavy atom. The summed E-state index contributed by atoms with van der Waals surface area (Å²) in [5, 5.41) is 5.94. The Labute approximate surface area is 158 Å². The zero-order valence-electron chi connectivity index (χ0n) is 15.6. The third-order valence-corrected chi connectivity index (χ3v) is 4.72. The first-order valence-corrected chi connectivity index (χ1v) is 8.56. The number of hydrazone groups is 1. The molecule has 0 aliphatic carbocycles. The summed E-state index contributed by atoms with van der Waals surface area (Å²) < 4.78 is 8.78. The highest BCUT2D eigenvalue weighted by atomic mass is 16.5. The van der Waals surface area contributed by atoms with Crippen LogP contribution < -0.4 is 16.3 Å². The van der Waals surface area contributed by atoms with Gasteiger partial charge in [-0.05, 0) is 5.56 Å². The normalized spacial score (nSPS) is 13.4. The first-order chi connectivity index (χ1) is 13.4. The molecule has 0 bridgehead atoms. The summed E-state index contributed by atoms with van der Waals surface area (Å²) in [7, 11) is 4.26. The van der Waals surface area contributed by atoms with E-state index in [0.29, 0.717) is 11.7 Å². The van der Waals surface area contributed by atoms with Crippen LogP contribution in [0.15, 0.2) is 45.0 Å². The van der Waals surface area contributed by atoms with Gasteiger partial charge in [-0.2, -0.15) is 10.1 Å². The lowest BCUT2D eigenvalue weighted by Crippen LogP contribution is -2.38. The fraction of sp³-hybridized carbons (Fsp3) is 0.278. The molecule has 1 aliphatic heterocycles. The van der Waals surface area contributed by atoms with Crippen LogP contribution in [0.1, 0.15) is 5.56 Å². The molecular formula is C18H18N6O4. The fourth-order valence-electron chi connectivity index (χ4n) is 3.23. The van der Waals surface area contributed by atoms with E-state index in [4.69, 9.17) is 4.74 Å². The number of imidazole rings is 1. The number of aromatic nitrogens is 4. The Hall–Kier alpha value is -3.69. The molecule has 1 aromatic carbocycles. The van der Waals surface area contributed by atoms with Gasteiger partial charge in [-0.3, -0.25) is 23.3 Å². The number of hydrogen-bond acceptors (Lipinski definition) is 7. The zero-order valence-corrected chi connectivity index (χ0v) is 15.6. The van der Waals surface area contributed by atoms with Gasteiger partial charge in [0.1, 0.15) is 6.54 Å². The van der Waals surface area contributed by atoms with Crippen molar-refractivity contribution in [3.8, 4) is 0 Å². The average Bonchev–Trinajstić information content (AvgIpc) is 3.11. The van der Waals surface area contributed by atoms with Crippen LogP contribution in [0, 0.1) is 0 Å². The third-order valence-electron chi connectivity index (χ3n) is 4.72. The molecule has 10 heteroatoms. The maximum atomic E-state index is 12.8. The molecule has 144 valence electrons. The van der Waals surface area contributed by atoms with Crippen LogP contribution >= 0.6 is 0 Å². The van der Waals surface area contributed by atoms with E-state index in [1.807, 2.05) is 30.3 Å². The molecule has 1 aliphatic rings. The third kappa shape index (κ3) is 2.61. The molecular weight excluding hydrogens is 364 g/mol. The molecule has 3 heterocycles. The van der Waals surface area contributed by atoms with E-state index in [1.165, 1.54) is 23.7 Å². The van der Waals surface area contributed by atoms with Crippen molar-refractivity contribution in [2.75, 3.05) is 18.7 Å². The van der Waals surface area contributed by atoms with Gasteiger partial charge in [0, 0.05) is 14.1 Å². The van der Waals surface area contributed by atoms with E-state index in [0.717, 1.165) is 10.1 Å². The Morgan fingerprint density at radius 1 is 1.14 bits per heavy atom. The Balaban J connectivity index is 1.98. The second kappa shape index (κ2) is 6.48. The van der Waals surface area contributed by atoms with Crippen LogP contribution in [0.5, 0.6) is 0 Å². The molecule has 4 rings (SSSR count). The summed E-state index contributed by atoms with van der Waals surface area (Å²) in [6.07, 6.45) is 0. The van der Waals surface area contributed by atoms with Gasteiger partial charge >= 0.3 is 11.7 Å². The number of aryl methyl sites for hydroxylation is 1. The van der Waals surface area contributed by atoms with E-state index < -0.39 is 17.2 Å². The first kappa shape index (κ1) is 17.7. The van der Waals surface area contributed by atoms with Gasteiger partial charge in [-0.1, -0.05) is 30.3 Å². The largest absolute Gasteiger partial charge is 0.468 e. The molecule has 28 heavy (non-hydrogen) atoms. The summed E-state index contributed by atoms with van der Waals surface area (Å²) >= 11 is 0. The van der Waals surface area contributed by atoms with E-state index in [1.54, 1.807) is 11.6 Å². The second-order valence-electron chi connectivity index (χ2n) is 6.42. The zero-order chi connectivity index (χ0) is 20.0. The lowest BCUT2D eigenvalue weighted by molar-refractivity contribution is -0.139. The topological polar surface area (TPSA) is 104 Å². The molecule has 2 aromatic heterocycles. The van der Waals surface area contributed by atoms with Crippen molar-refractivity contribution < 1.29 is 9.53 Å². The van der Waals surface area contributed by atoms with Crippen molar-refractivity contribution in [1.29, 1.82) is 0 Å². The molecule has 0 fully saturated rings. The standard InChI is InChI=1S/C18H18N6O4/c1-21-15-14(16(26)22(2)18(21)27)23-9-12(11-7-5-4-6-8-11)20-24(17(23)19-15)10-13(25)28-3/h4-8H,9-10H2,1-3H3. The molecule has 0 amide bonds. The van der Waals surface area contributed by atoms with Crippen LogP contribution in [0.25, 0.3) is 11.2 Å². The van der Waals surface area contributed by atoms with Crippen LogP contribution in [-0.2, 0) is 30.2 Å². The summed E-state index contributed by atoms with van der Waals surface area (Å²) in [4.78, 5) is 41.4. The van der Waals surface area contributed by atoms with Gasteiger partial charge < -0.3 is 4.74 Å². The highest BCUT2D eigenvalue weighted by molar-refractivity contribution is 6.03. The second-order valence-corrected chi connectivity index (χ2v) is 6.42. The predicted octanol–water partition coefficient (Wildman–Crippen LogP) is -0.169. The summed E-state index contributed by atoms with van der Waals surface area (Å²) in [5.41, 5.74) is 1.10. The van der Waals surface area contributed by atoms with Crippen LogP contribution in [-0.4, -0.2) is 44.0 Å². The molecule has 0 N–H and O–H groups in total. The highest BCUT2D eigenvalue weighted by Crippen LogP contribution is 2.25. The number of carbonyl (C=O) groups is 1. The average molecular weight is 382 g/mol. The molecule has 0 saturated carbocycles. The predicted molar refractivity (Wildman–Crippen MR) is 103 cm³/mol. The molecule has 0 unspecified atom stereocenters. The number of hydrogen-bond donors (Lipinski definition) is 0. The molecule has 0 saturated heterocycles. The number of methoxy groups -OCH3 is 1. The SMILES string of the molecule is COC(=O)CN1N=C(c2ccccc2)Cn2c1nc1c2c(=O)n(C)c(=O)n1C. The number of rotatable bonds is 3. The monoisotopic (exact) mass is 382 g/mol. The fourth-order valence-corrected chi connectivity index (χ4v) is 3.23. The minimum Gasteiger partial charge on any atom is -0.468 e. The smallest absolute Gasteiger partial charge is 0.332 e. The van der Waals surface area contributed by atoms with Crippen molar-refractivity contribution in [2.24, 2.45) is 19.2 Å². The molecule has 0 spiro atoms. The number of ether oxygens (including phenoxy) is 1. The van der Waals surface area contributed by atoms with Crippen molar-refractivity contribution in [2.45, 2.75) is 6.54 Å². The Kier molecular flexibility index (Phi) is 4.10. The first-order valence-electron chi connectivity index (χ1n) is 8.56. The number of carbonyl (C=O) groups excluding carboxylic acids is 1. The van der Waals surface area contributed by atoms with Crippen molar-refractivity contribution in [3.63, 3.8) is 0 Å². The molecule has 10 nitrogen and oxygen atoms in total. The van der Waals surface area contributed by atoms with Crippen molar-refractivity contribution >= 4 is 28.8 Å². The number of benzene rings is 1. The number of nitrogens with zero attached hydrogens (tertiary/aromatic N) is 6. The Morgan fingerprint density at radius 2 is 1.86 bits per heavy atom. The van der Waals surface area contributed by atoms with Gasteiger partial charge in [-0.25, -0.2) is 9.80 Å². The summed E-state index contributed by atoms with van der Waals surface area (Å²) in [5.74, 6) is -0.197. The van der Waals surface area contributed by atoms with E-state index in [9.17, 15) is 14.4 Å². The minimum absolute atomic E-state index is 0.176. The van der Waals surface area contributed by atoms with Crippen LogP contribution in [0.2, 0.25) is 0 Å². The maximum absolute atomic E-state index is 12.8. The van der Waals surface area contributed by atoms with Gasteiger partial charge in [0.25, 0.3) is 5.56 Å². The maximum Gasteiger partial charge on any atom is 0.332 e. The van der Waals surface area contributed by atoms with Crippen molar-refractivity contribution in [1.82, 2.24) is 18.7 Å². The summed E-state index contributed by atoms with van der Waals surface area (Å²) in [6.45, 7) is 0.103. The van der Waals surface area contributed by atoms with Gasteiger partial charge in [0.2, 0.25) is 5.95 Å². The van der Waals surface area contributed by atoms with E-state index >= 15 is 0 Å². The van der Waals surface area contributed by atoms with Gasteiger partial charge in [0.15, 0.2) is 11.2 Å². The Bertz CT molecular complexity index is 1230. The molecule has 3 aromatic rings. The number of esters is 1. The highest BCUT2D eigenvalue weighted by Gasteiger charge is 2.29. The summed E-state index contributed by atoms with van der Waals surface area (Å²) in [6, 6.07) is 9.45. The number of anilines is 1. The van der Waals surface area contributed by atoms with E-state index in [2.05, 4.69) is 10.1 Å². The van der Waals surface area contributed by atoms with Gasteiger partial charge in [0.05, 0.1) is 19.4 Å². The number of fused-ring (bicyclic) bond motifs is 3. The van der Waals surface area contributed by atoms with Gasteiger partial charge in [-0.15, -0.1) is 0 Å². The van der Waals surface area contributed by atoms with Crippen LogP contribution in [0.4, 0.5) is 5.95 Å². The van der Waals surface area contributed by atoms with Crippen LogP contribution in [0.3, 0.4) is 0 Å². The molecule has 0 radical (unpaired) electrons. The lowest BCUT2D eigenvalue weighted by atomic mass is 10.1. The van der Waals surface area contributed by atoms with E-state index in [-0.39, 0.29) is 24.3 Å².